The summed E-state index contributed by atoms with van der Waals surface area (Å²) in [6.07, 6.45) is 0. The van der Waals surface area contributed by atoms with E-state index < -0.39 is 14.6 Å². The molecule has 0 aromatic heterocycles. The molecule has 16 heavy (non-hydrogen) atoms. The van der Waals surface area contributed by atoms with Crippen molar-refractivity contribution >= 4 is 52.2 Å². The third-order valence-electron chi connectivity index (χ3n) is 2.77. The first-order valence-electron chi connectivity index (χ1n) is 4.64. The van der Waals surface area contributed by atoms with E-state index in [9.17, 15) is 4.79 Å². The summed E-state index contributed by atoms with van der Waals surface area (Å²) in [5.74, 6) is -0.248. The number of carbonyl (C=O) groups is 1. The fraction of sp³-hybridized carbons (Fsp3) is 0.364. The minimum Gasteiger partial charge on any atom is -0.292 e. The van der Waals surface area contributed by atoms with Gasteiger partial charge in [-0.1, -0.05) is 47.5 Å². The van der Waals surface area contributed by atoms with E-state index in [0.717, 1.165) is 0 Å². The molecule has 5 heteroatoms. The molecule has 0 heterocycles. The maximum atomic E-state index is 12.1. The summed E-state index contributed by atoms with van der Waals surface area (Å²) in [6, 6.07) is 6.84. The molecule has 0 bridgehead atoms. The van der Waals surface area contributed by atoms with Crippen molar-refractivity contribution in [3.8, 4) is 0 Å². The molecule has 2 atom stereocenters. The zero-order chi connectivity index (χ0) is 12.1. The minimum atomic E-state index is -1.36. The van der Waals surface area contributed by atoms with Gasteiger partial charge in [-0.15, -0.1) is 23.2 Å². The number of halogens is 4. The Kier molecular flexibility index (Phi) is 2.95. The van der Waals surface area contributed by atoms with Crippen molar-refractivity contribution in [3.63, 3.8) is 0 Å². The van der Waals surface area contributed by atoms with Gasteiger partial charge in [0.2, 0.25) is 0 Å². The number of rotatable bonds is 0. The summed E-state index contributed by atoms with van der Waals surface area (Å²) in [4.78, 5) is 10.8. The average molecular weight is 298 g/mol. The predicted molar refractivity (Wildman–Crippen MR) is 68.1 cm³/mol. The van der Waals surface area contributed by atoms with Gasteiger partial charge >= 0.3 is 0 Å². The zero-order valence-electron chi connectivity index (χ0n) is 8.31. The Morgan fingerprint density at radius 3 is 2.38 bits per heavy atom. The average Bonchev–Trinajstić information content (AvgIpc) is 2.25. The molecule has 0 saturated heterocycles. The third-order valence-corrected chi connectivity index (χ3v) is 5.10. The van der Waals surface area contributed by atoms with Gasteiger partial charge in [-0.25, -0.2) is 0 Å². The second-order valence-corrected chi connectivity index (χ2v) is 6.54. The van der Waals surface area contributed by atoms with Gasteiger partial charge in [0.15, 0.2) is 10.1 Å². The lowest BCUT2D eigenvalue weighted by molar-refractivity contribution is 0.0930. The quantitative estimate of drug-likeness (QED) is 0.658. The molecule has 1 aromatic rings. The Balaban J connectivity index is 2.73. The fourth-order valence-corrected chi connectivity index (χ4v) is 3.19. The molecule has 0 amide bonds. The largest absolute Gasteiger partial charge is 0.292 e. The first-order chi connectivity index (χ1) is 7.29. The second-order valence-electron chi connectivity index (χ2n) is 3.94. The lowest BCUT2D eigenvalue weighted by Gasteiger charge is -2.40. The highest BCUT2D eigenvalue weighted by Gasteiger charge is 2.56. The molecule has 0 spiro atoms. The molecular formula is C11H8Cl4O. The highest BCUT2D eigenvalue weighted by Crippen LogP contribution is 2.52. The highest BCUT2D eigenvalue weighted by molar-refractivity contribution is 6.56. The SMILES string of the molecule is CC1(Cl)C(=O)c2ccccc2C(Cl)(Cl)C1Cl. The maximum absolute atomic E-state index is 12.1. The van der Waals surface area contributed by atoms with Gasteiger partial charge in [0, 0.05) is 11.1 Å². The number of benzene rings is 1. The van der Waals surface area contributed by atoms with Crippen LogP contribution in [0.2, 0.25) is 0 Å². The molecule has 0 N–H and O–H groups in total. The Bertz CT molecular complexity index is 453. The van der Waals surface area contributed by atoms with Crippen molar-refractivity contribution in [2.24, 2.45) is 0 Å². The number of ketones is 1. The van der Waals surface area contributed by atoms with E-state index in [2.05, 4.69) is 0 Å². The molecule has 1 aliphatic carbocycles. The first-order valence-corrected chi connectivity index (χ1v) is 6.21. The molecule has 0 fully saturated rings. The van der Waals surface area contributed by atoms with E-state index in [1.807, 2.05) is 0 Å². The van der Waals surface area contributed by atoms with Crippen LogP contribution in [0.25, 0.3) is 0 Å². The van der Waals surface area contributed by atoms with Crippen molar-refractivity contribution in [2.75, 3.05) is 0 Å². The van der Waals surface area contributed by atoms with Crippen LogP contribution >= 0.6 is 46.4 Å². The summed E-state index contributed by atoms with van der Waals surface area (Å²) >= 11 is 24.6. The lowest BCUT2D eigenvalue weighted by atomic mass is 9.82. The molecule has 0 radical (unpaired) electrons. The van der Waals surface area contributed by atoms with Crippen LogP contribution in [-0.4, -0.2) is 16.0 Å². The number of hydrogen-bond acceptors (Lipinski definition) is 1. The summed E-state index contributed by atoms with van der Waals surface area (Å²) < 4.78 is -1.36. The lowest BCUT2D eigenvalue weighted by Crippen LogP contribution is -2.51. The molecule has 2 rings (SSSR count). The van der Waals surface area contributed by atoms with Gasteiger partial charge in [0.25, 0.3) is 0 Å². The van der Waals surface area contributed by atoms with Gasteiger partial charge in [-0.05, 0) is 6.92 Å². The van der Waals surface area contributed by atoms with Crippen molar-refractivity contribution in [3.05, 3.63) is 35.4 Å². The molecular weight excluding hydrogens is 290 g/mol. The van der Waals surface area contributed by atoms with Crippen molar-refractivity contribution in [1.82, 2.24) is 0 Å². The standard InChI is InChI=1S/C11H8Cl4O/c1-10(13)8(16)6-4-2-3-5-7(6)11(14,15)9(10)12/h2-5,9H,1H3. The predicted octanol–water partition coefficient (Wildman–Crippen LogP) is 4.12. The number of carbonyl (C=O) groups excluding carboxylic acids is 1. The molecule has 1 nitrogen and oxygen atoms in total. The van der Waals surface area contributed by atoms with Gasteiger partial charge in [-0.3, -0.25) is 4.79 Å². The number of Topliss-reactive ketones (excluding diaryl/α,β-unsaturated/α-hetero) is 1. The van der Waals surface area contributed by atoms with Crippen molar-refractivity contribution in [1.29, 1.82) is 0 Å². The van der Waals surface area contributed by atoms with E-state index in [4.69, 9.17) is 46.4 Å². The van der Waals surface area contributed by atoms with E-state index in [-0.39, 0.29) is 5.78 Å². The molecule has 0 aliphatic heterocycles. The van der Waals surface area contributed by atoms with Crippen LogP contribution in [0.1, 0.15) is 22.8 Å². The van der Waals surface area contributed by atoms with Gasteiger partial charge in [-0.2, -0.15) is 0 Å². The molecule has 0 saturated carbocycles. The van der Waals surface area contributed by atoms with Crippen LogP contribution in [0, 0.1) is 0 Å². The normalized spacial score (nSPS) is 32.3. The van der Waals surface area contributed by atoms with Gasteiger partial charge in [0.1, 0.15) is 4.87 Å². The molecule has 2 unspecified atom stereocenters. The topological polar surface area (TPSA) is 17.1 Å². The molecule has 86 valence electrons. The Morgan fingerprint density at radius 1 is 1.19 bits per heavy atom. The summed E-state index contributed by atoms with van der Waals surface area (Å²) in [7, 11) is 0. The van der Waals surface area contributed by atoms with E-state index >= 15 is 0 Å². The van der Waals surface area contributed by atoms with Crippen LogP contribution in [0.4, 0.5) is 0 Å². The maximum Gasteiger partial charge on any atom is 0.185 e. The number of hydrogen-bond donors (Lipinski definition) is 0. The van der Waals surface area contributed by atoms with Crippen molar-refractivity contribution < 1.29 is 4.79 Å². The van der Waals surface area contributed by atoms with Crippen molar-refractivity contribution in [2.45, 2.75) is 21.5 Å². The number of alkyl halides is 4. The number of fused-ring (bicyclic) bond motifs is 1. The van der Waals surface area contributed by atoms with Crippen LogP contribution in [0.15, 0.2) is 24.3 Å². The zero-order valence-corrected chi connectivity index (χ0v) is 11.3. The monoisotopic (exact) mass is 296 g/mol. The minimum absolute atomic E-state index is 0.248. The highest BCUT2D eigenvalue weighted by atomic mass is 35.5. The smallest absolute Gasteiger partial charge is 0.185 e. The van der Waals surface area contributed by atoms with Crippen LogP contribution in [0.3, 0.4) is 0 Å². The Hall–Kier alpha value is 0.0500. The van der Waals surface area contributed by atoms with Crippen LogP contribution < -0.4 is 0 Å². The van der Waals surface area contributed by atoms with Gasteiger partial charge < -0.3 is 0 Å². The Morgan fingerprint density at radius 2 is 1.75 bits per heavy atom. The summed E-state index contributed by atoms with van der Waals surface area (Å²) in [6.45, 7) is 1.53. The second kappa shape index (κ2) is 3.78. The fourth-order valence-electron chi connectivity index (χ4n) is 1.83. The van der Waals surface area contributed by atoms with E-state index in [0.29, 0.717) is 11.1 Å². The van der Waals surface area contributed by atoms with Crippen LogP contribution in [0.5, 0.6) is 0 Å². The van der Waals surface area contributed by atoms with Gasteiger partial charge in [0.05, 0.1) is 5.38 Å². The Labute approximate surface area is 114 Å². The van der Waals surface area contributed by atoms with Crippen LogP contribution in [-0.2, 0) is 4.33 Å². The summed E-state index contributed by atoms with van der Waals surface area (Å²) in [5.41, 5.74) is 0.948. The third kappa shape index (κ3) is 1.57. The molecule has 1 aliphatic rings. The molecule has 1 aromatic carbocycles. The van der Waals surface area contributed by atoms with E-state index in [1.54, 1.807) is 24.3 Å². The summed E-state index contributed by atoms with van der Waals surface area (Å²) in [5, 5.41) is -0.882. The van der Waals surface area contributed by atoms with E-state index in [1.165, 1.54) is 6.92 Å². The first kappa shape index (κ1) is 12.5.